The van der Waals surface area contributed by atoms with Crippen molar-refractivity contribution in [2.45, 2.75) is 26.4 Å². The Bertz CT molecular complexity index is 523. The summed E-state index contributed by atoms with van der Waals surface area (Å²) in [5.74, 6) is -2.80. The average molecular weight is 324 g/mol. The van der Waals surface area contributed by atoms with Crippen molar-refractivity contribution in [2.75, 3.05) is 0 Å². The number of carbonyl (C=O) groups excluding carboxylic acids is 2. The van der Waals surface area contributed by atoms with Crippen molar-refractivity contribution in [3.05, 3.63) is 34.3 Å². The molecule has 0 radical (unpaired) electrons. The maximum atomic E-state index is 12.1. The molecule has 100 valence electrons. The Balaban J connectivity index is 2.92. The largest absolute Gasteiger partial charge is 0.459 e. The first-order chi connectivity index (χ1) is 8.74. The molecular formula is C14H14BrNO3. The third-order valence-corrected chi connectivity index (χ3v) is 2.69. The first kappa shape index (κ1) is 15.4. The van der Waals surface area contributed by atoms with Gasteiger partial charge < -0.3 is 4.74 Å². The molecule has 0 spiro atoms. The van der Waals surface area contributed by atoms with Gasteiger partial charge >= 0.3 is 5.97 Å². The summed E-state index contributed by atoms with van der Waals surface area (Å²) in [6.07, 6.45) is 0. The Morgan fingerprint density at radius 3 is 2.21 bits per heavy atom. The van der Waals surface area contributed by atoms with Crippen molar-refractivity contribution in [2.24, 2.45) is 5.92 Å². The lowest BCUT2D eigenvalue weighted by atomic mass is 9.99. The van der Waals surface area contributed by atoms with Crippen LogP contribution in [0.3, 0.4) is 0 Å². The van der Waals surface area contributed by atoms with E-state index in [2.05, 4.69) is 15.9 Å². The van der Waals surface area contributed by atoms with Gasteiger partial charge in [0.25, 0.3) is 0 Å². The van der Waals surface area contributed by atoms with Gasteiger partial charge in [0, 0.05) is 10.0 Å². The summed E-state index contributed by atoms with van der Waals surface area (Å²) in [5, 5.41) is 9.00. The molecule has 0 aliphatic rings. The Hall–Kier alpha value is -1.67. The van der Waals surface area contributed by atoms with Crippen LogP contribution in [0.2, 0.25) is 0 Å². The van der Waals surface area contributed by atoms with Crippen LogP contribution in [-0.4, -0.2) is 17.4 Å². The van der Waals surface area contributed by atoms with Crippen LogP contribution in [0.25, 0.3) is 0 Å². The Labute approximate surface area is 120 Å². The summed E-state index contributed by atoms with van der Waals surface area (Å²) in [7, 11) is 0. The van der Waals surface area contributed by atoms with Crippen molar-refractivity contribution in [1.29, 1.82) is 5.26 Å². The number of nitrogens with zero attached hydrogens (tertiary/aromatic N) is 1. The topological polar surface area (TPSA) is 67.2 Å². The molecule has 5 heteroatoms. The summed E-state index contributed by atoms with van der Waals surface area (Å²) in [6.45, 7) is 5.05. The fourth-order valence-corrected chi connectivity index (χ4v) is 1.62. The number of esters is 1. The minimum atomic E-state index is -1.43. The monoisotopic (exact) mass is 323 g/mol. The molecule has 0 bridgehead atoms. The van der Waals surface area contributed by atoms with E-state index in [0.29, 0.717) is 5.56 Å². The summed E-state index contributed by atoms with van der Waals surface area (Å²) < 4.78 is 5.88. The number of Topliss-reactive ketones (excluding diaryl/α,β-unsaturated/α-hetero) is 1. The molecule has 1 rings (SSSR count). The van der Waals surface area contributed by atoms with Gasteiger partial charge in [-0.1, -0.05) is 28.1 Å². The van der Waals surface area contributed by atoms with Crippen molar-refractivity contribution in [3.63, 3.8) is 0 Å². The number of rotatable bonds is 3. The second kappa shape index (κ2) is 5.98. The highest BCUT2D eigenvalue weighted by Crippen LogP contribution is 2.17. The van der Waals surface area contributed by atoms with E-state index < -0.39 is 23.3 Å². The normalized spacial score (nSPS) is 12.4. The van der Waals surface area contributed by atoms with E-state index in [1.807, 2.05) is 0 Å². The molecule has 1 aromatic rings. The van der Waals surface area contributed by atoms with Gasteiger partial charge in [-0.2, -0.15) is 5.26 Å². The minimum Gasteiger partial charge on any atom is -0.459 e. The molecule has 1 atom stereocenters. The number of nitriles is 1. The van der Waals surface area contributed by atoms with Gasteiger partial charge in [-0.15, -0.1) is 0 Å². The molecule has 4 nitrogen and oxygen atoms in total. The molecule has 0 heterocycles. The lowest BCUT2D eigenvalue weighted by Gasteiger charge is -2.20. The summed E-state index contributed by atoms with van der Waals surface area (Å²) in [5.41, 5.74) is -0.424. The van der Waals surface area contributed by atoms with Gasteiger partial charge in [0.05, 0.1) is 6.07 Å². The first-order valence-corrected chi connectivity index (χ1v) is 6.46. The number of hydrogen-bond acceptors (Lipinski definition) is 4. The number of ether oxygens (including phenoxy) is 1. The van der Waals surface area contributed by atoms with Crippen LogP contribution in [0, 0.1) is 17.2 Å². The molecule has 0 saturated carbocycles. The maximum absolute atomic E-state index is 12.1. The highest BCUT2D eigenvalue weighted by Gasteiger charge is 2.31. The number of hydrogen-bond donors (Lipinski definition) is 0. The molecule has 0 aliphatic heterocycles. The van der Waals surface area contributed by atoms with Crippen LogP contribution in [-0.2, 0) is 9.53 Å². The SMILES string of the molecule is CC(C)(C)OC(=O)[C@@H](C#N)C(=O)c1ccc(Br)cc1. The third kappa shape index (κ3) is 4.49. The fourth-order valence-electron chi connectivity index (χ4n) is 1.36. The van der Waals surface area contributed by atoms with Crippen LogP contribution in [0.1, 0.15) is 31.1 Å². The smallest absolute Gasteiger partial charge is 0.331 e. The van der Waals surface area contributed by atoms with Crippen LogP contribution in [0.4, 0.5) is 0 Å². The number of carbonyl (C=O) groups is 2. The number of halogens is 1. The van der Waals surface area contributed by atoms with E-state index in [1.54, 1.807) is 51.1 Å². The van der Waals surface area contributed by atoms with Crippen LogP contribution >= 0.6 is 15.9 Å². The molecule has 0 saturated heterocycles. The highest BCUT2D eigenvalue weighted by atomic mass is 79.9. The molecule has 0 aliphatic carbocycles. The van der Waals surface area contributed by atoms with Crippen LogP contribution in [0.15, 0.2) is 28.7 Å². The van der Waals surface area contributed by atoms with Gasteiger partial charge in [0.2, 0.25) is 5.92 Å². The summed E-state index contributed by atoms with van der Waals surface area (Å²) >= 11 is 3.25. The predicted octanol–water partition coefficient (Wildman–Crippen LogP) is 3.11. The Morgan fingerprint density at radius 1 is 1.26 bits per heavy atom. The molecule has 0 amide bonds. The second-order valence-electron chi connectivity index (χ2n) is 4.97. The lowest BCUT2D eigenvalue weighted by molar-refractivity contribution is -0.156. The van der Waals surface area contributed by atoms with Crippen LogP contribution < -0.4 is 0 Å². The predicted molar refractivity (Wildman–Crippen MR) is 73.4 cm³/mol. The standard InChI is InChI=1S/C14H14BrNO3/c1-14(2,3)19-13(18)11(8-16)12(17)9-4-6-10(15)7-5-9/h4-7,11H,1-3H3/t11-/m0/s1. The van der Waals surface area contributed by atoms with E-state index >= 15 is 0 Å². The molecule has 0 aromatic heterocycles. The zero-order valence-corrected chi connectivity index (χ0v) is 12.5. The van der Waals surface area contributed by atoms with Crippen molar-refractivity contribution in [3.8, 4) is 6.07 Å². The average Bonchev–Trinajstić information content (AvgIpc) is 2.28. The third-order valence-electron chi connectivity index (χ3n) is 2.16. The zero-order chi connectivity index (χ0) is 14.6. The molecule has 0 fully saturated rings. The van der Waals surface area contributed by atoms with Crippen molar-refractivity contribution in [1.82, 2.24) is 0 Å². The second-order valence-corrected chi connectivity index (χ2v) is 5.88. The molecular weight excluding hydrogens is 310 g/mol. The van der Waals surface area contributed by atoms with E-state index in [1.165, 1.54) is 0 Å². The molecule has 0 N–H and O–H groups in total. The fraction of sp³-hybridized carbons (Fsp3) is 0.357. The van der Waals surface area contributed by atoms with Gasteiger partial charge in [-0.05, 0) is 32.9 Å². The molecule has 0 unspecified atom stereocenters. The quantitative estimate of drug-likeness (QED) is 0.487. The van der Waals surface area contributed by atoms with E-state index in [4.69, 9.17) is 10.00 Å². The van der Waals surface area contributed by atoms with Gasteiger partial charge in [0.15, 0.2) is 5.78 Å². The summed E-state index contributed by atoms with van der Waals surface area (Å²) in [4.78, 5) is 23.9. The first-order valence-electron chi connectivity index (χ1n) is 5.67. The summed E-state index contributed by atoms with van der Waals surface area (Å²) in [6, 6.07) is 8.17. The lowest BCUT2D eigenvalue weighted by Crippen LogP contribution is -2.32. The van der Waals surface area contributed by atoms with Gasteiger partial charge in [-0.25, -0.2) is 0 Å². The maximum Gasteiger partial charge on any atom is 0.331 e. The molecule has 1 aromatic carbocycles. The van der Waals surface area contributed by atoms with E-state index in [-0.39, 0.29) is 0 Å². The number of ketones is 1. The van der Waals surface area contributed by atoms with Crippen molar-refractivity contribution >= 4 is 27.7 Å². The van der Waals surface area contributed by atoms with E-state index in [9.17, 15) is 9.59 Å². The van der Waals surface area contributed by atoms with Gasteiger partial charge in [-0.3, -0.25) is 9.59 Å². The van der Waals surface area contributed by atoms with Crippen LogP contribution in [0.5, 0.6) is 0 Å². The number of benzene rings is 1. The highest BCUT2D eigenvalue weighted by molar-refractivity contribution is 9.10. The Kier molecular flexibility index (Phi) is 4.84. The minimum absolute atomic E-state index is 0.306. The van der Waals surface area contributed by atoms with E-state index in [0.717, 1.165) is 4.47 Å². The Morgan fingerprint density at radius 2 is 1.79 bits per heavy atom. The zero-order valence-electron chi connectivity index (χ0n) is 10.9. The van der Waals surface area contributed by atoms with Crippen molar-refractivity contribution < 1.29 is 14.3 Å². The van der Waals surface area contributed by atoms with Gasteiger partial charge in [0.1, 0.15) is 5.60 Å². The molecule has 19 heavy (non-hydrogen) atoms.